The fraction of sp³-hybridized carbons (Fsp3) is 0. The van der Waals surface area contributed by atoms with Crippen LogP contribution in [0.2, 0.25) is 0 Å². The average molecular weight is 860 g/mol. The summed E-state index contributed by atoms with van der Waals surface area (Å²) in [6, 6.07) is 0. The van der Waals surface area contributed by atoms with Crippen LogP contribution in [0.4, 0.5) is 0 Å². The first-order valence-corrected chi connectivity index (χ1v) is 0. The van der Waals surface area contributed by atoms with E-state index in [1.165, 1.54) is 0 Å². The monoisotopic (exact) mass is 862 g/mol. The molecular formula is Au4Ge. The van der Waals surface area contributed by atoms with Gasteiger partial charge in [-0.1, -0.05) is 0 Å². The largest absolute Gasteiger partial charge is 0 e. The van der Waals surface area contributed by atoms with E-state index in [0.29, 0.717) is 0 Å². The van der Waals surface area contributed by atoms with Crippen molar-refractivity contribution in [1.29, 1.82) is 0 Å². The van der Waals surface area contributed by atoms with Crippen molar-refractivity contribution < 1.29 is 89.5 Å². The van der Waals surface area contributed by atoms with Gasteiger partial charge < -0.3 is 0 Å². The third kappa shape index (κ3) is 18.5. The van der Waals surface area contributed by atoms with E-state index >= 15 is 0 Å². The molecule has 0 bridgehead atoms. The molecule has 0 aromatic rings. The Balaban J connectivity index is 0. The summed E-state index contributed by atoms with van der Waals surface area (Å²) in [4.78, 5) is 0. The van der Waals surface area contributed by atoms with Gasteiger partial charge in [-0.05, 0) is 0 Å². The molecule has 0 aromatic heterocycles. The average Bonchev–Trinajstić information content (AvgIpc) is 0. The summed E-state index contributed by atoms with van der Waals surface area (Å²) in [5.41, 5.74) is 0. The Bertz CT molecular complexity index is 3.61. The Morgan fingerprint density at radius 3 is 0.400 bits per heavy atom. The van der Waals surface area contributed by atoms with Gasteiger partial charge in [-0.2, -0.15) is 0 Å². The Labute approximate surface area is 105 Å². The number of rotatable bonds is 0. The van der Waals surface area contributed by atoms with Gasteiger partial charge in [0.05, 0.1) is 0 Å². The van der Waals surface area contributed by atoms with Gasteiger partial charge in [-0.3, -0.25) is 0 Å². The summed E-state index contributed by atoms with van der Waals surface area (Å²) in [7, 11) is 0. The Morgan fingerprint density at radius 1 is 0.400 bits per heavy atom. The van der Waals surface area contributed by atoms with E-state index in [1.54, 1.807) is 0 Å². The van der Waals surface area contributed by atoms with Gasteiger partial charge in [-0.25, -0.2) is 0 Å². The van der Waals surface area contributed by atoms with Crippen molar-refractivity contribution in [1.82, 2.24) is 0 Å². The van der Waals surface area contributed by atoms with Crippen LogP contribution in [0.25, 0.3) is 0 Å². The minimum atomic E-state index is 0. The zero-order valence-electron chi connectivity index (χ0n) is 1.71. The van der Waals surface area contributed by atoms with Crippen LogP contribution in [0, 0.1) is 0 Å². The molecule has 0 spiro atoms. The summed E-state index contributed by atoms with van der Waals surface area (Å²) in [6.45, 7) is 0. The maximum Gasteiger partial charge on any atom is 0 e. The summed E-state index contributed by atoms with van der Waals surface area (Å²) in [5.74, 6) is 0. The molecule has 8 radical (unpaired) electrons. The van der Waals surface area contributed by atoms with E-state index in [4.69, 9.17) is 0 Å². The van der Waals surface area contributed by atoms with Crippen molar-refractivity contribution in [2.45, 2.75) is 0 Å². The van der Waals surface area contributed by atoms with Crippen molar-refractivity contribution in [3.63, 3.8) is 0 Å². The normalized spacial score (nSPS) is 0. The second-order valence-corrected chi connectivity index (χ2v) is 0. The fourth-order valence-corrected chi connectivity index (χ4v) is 0. The smallest absolute Gasteiger partial charge is 0 e. The molecule has 0 aliphatic heterocycles. The molecular weight excluding hydrogens is 860 g/mol. The maximum atomic E-state index is 0. The Hall–Kier alpha value is 3.50. The molecule has 0 atom stereocenters. The molecule has 0 N–H and O–H groups in total. The maximum absolute atomic E-state index is 0. The molecule has 0 aliphatic rings. The van der Waals surface area contributed by atoms with E-state index < -0.39 is 0 Å². The van der Waals surface area contributed by atoms with Crippen LogP contribution in [0.3, 0.4) is 0 Å². The standard InChI is InChI=1S/4Au.Ge. The minimum absolute atomic E-state index is 0. The van der Waals surface area contributed by atoms with Crippen molar-refractivity contribution in [3.8, 4) is 0 Å². The zero-order chi connectivity index (χ0) is 0. The molecule has 0 aliphatic carbocycles. The third-order valence-corrected chi connectivity index (χ3v) is 0. The van der Waals surface area contributed by atoms with Gasteiger partial charge >= 0.3 is 0 Å². The number of hydrogen-bond donors (Lipinski definition) is 0. The van der Waals surface area contributed by atoms with Crippen LogP contribution >= 0.6 is 0 Å². The molecule has 0 saturated carbocycles. The van der Waals surface area contributed by atoms with Gasteiger partial charge in [-0.15, -0.1) is 0 Å². The van der Waals surface area contributed by atoms with E-state index in [9.17, 15) is 0 Å². The Morgan fingerprint density at radius 2 is 0.400 bits per heavy atom. The fourth-order valence-electron chi connectivity index (χ4n) is 0. The van der Waals surface area contributed by atoms with Crippen molar-refractivity contribution in [2.24, 2.45) is 0 Å². The van der Waals surface area contributed by atoms with Crippen LogP contribution in [-0.2, 0) is 89.5 Å². The summed E-state index contributed by atoms with van der Waals surface area (Å²) < 4.78 is 0. The third-order valence-electron chi connectivity index (χ3n) is 0. The first-order valence-electron chi connectivity index (χ1n) is 0. The quantitative estimate of drug-likeness (QED) is 0.292. The molecule has 0 unspecified atom stereocenters. The Kier molecular flexibility index (Phi) is 202. The van der Waals surface area contributed by atoms with E-state index in [2.05, 4.69) is 0 Å². The van der Waals surface area contributed by atoms with Crippen LogP contribution in [-0.4, -0.2) is 17.6 Å². The van der Waals surface area contributed by atoms with Gasteiger partial charge in [0.25, 0.3) is 0 Å². The van der Waals surface area contributed by atoms with E-state index in [-0.39, 0.29) is 107 Å². The molecule has 5 heteroatoms. The molecule has 0 heterocycles. The molecule has 5 heavy (non-hydrogen) atoms. The predicted molar refractivity (Wildman–Crippen MR) is 5.75 cm³/mol. The molecule has 0 nitrogen and oxygen atoms in total. The van der Waals surface area contributed by atoms with Crippen molar-refractivity contribution >= 4 is 17.6 Å². The second kappa shape index (κ2) is 25.9. The minimum Gasteiger partial charge on any atom is 0 e. The van der Waals surface area contributed by atoms with Gasteiger partial charge in [0.2, 0.25) is 0 Å². The second-order valence-electron chi connectivity index (χ2n) is 0. The van der Waals surface area contributed by atoms with E-state index in [1.807, 2.05) is 0 Å². The summed E-state index contributed by atoms with van der Waals surface area (Å²) in [6.07, 6.45) is 0. The van der Waals surface area contributed by atoms with Gasteiger partial charge in [0.15, 0.2) is 0 Å². The van der Waals surface area contributed by atoms with Gasteiger partial charge in [0.1, 0.15) is 0 Å². The zero-order valence-corrected chi connectivity index (χ0v) is 12.5. The van der Waals surface area contributed by atoms with Gasteiger partial charge in [0, 0.05) is 107 Å². The first-order chi connectivity index (χ1) is 0. The first kappa shape index (κ1) is 39.0. The molecule has 48 valence electrons. The molecule has 0 amide bonds. The molecule has 0 aromatic carbocycles. The number of hydrogen-bond acceptors (Lipinski definition) is 0. The molecule has 0 fully saturated rings. The van der Waals surface area contributed by atoms with Crippen molar-refractivity contribution in [2.75, 3.05) is 0 Å². The van der Waals surface area contributed by atoms with Crippen LogP contribution in [0.5, 0.6) is 0 Å². The van der Waals surface area contributed by atoms with Crippen LogP contribution in [0.1, 0.15) is 0 Å². The summed E-state index contributed by atoms with van der Waals surface area (Å²) >= 11 is 0. The van der Waals surface area contributed by atoms with Crippen LogP contribution in [0.15, 0.2) is 0 Å². The molecule has 0 saturated heterocycles. The van der Waals surface area contributed by atoms with Crippen LogP contribution < -0.4 is 0 Å². The van der Waals surface area contributed by atoms with Crippen molar-refractivity contribution in [3.05, 3.63) is 0 Å². The topological polar surface area (TPSA) is 0 Å². The summed E-state index contributed by atoms with van der Waals surface area (Å²) in [5, 5.41) is 0. The molecule has 0 rings (SSSR count). The van der Waals surface area contributed by atoms with E-state index in [0.717, 1.165) is 0 Å². The predicted octanol–water partition coefficient (Wildman–Crippen LogP) is -0.391. The SMILES string of the molecule is [Au].[Au].[Au].[Au].[Ge].